The van der Waals surface area contributed by atoms with Gasteiger partial charge < -0.3 is 9.80 Å². The van der Waals surface area contributed by atoms with Crippen LogP contribution in [0.25, 0.3) is 0 Å². The number of likely N-dealkylation sites (tertiary alicyclic amines) is 1. The van der Waals surface area contributed by atoms with Crippen molar-refractivity contribution in [3.8, 4) is 0 Å². The summed E-state index contributed by atoms with van der Waals surface area (Å²) in [7, 11) is 1.75. The van der Waals surface area contributed by atoms with E-state index in [2.05, 4.69) is 11.9 Å². The number of likely N-dealkylation sites (N-methyl/N-ethyl adjacent to an activating group) is 1. The van der Waals surface area contributed by atoms with Gasteiger partial charge in [0.1, 0.15) is 0 Å². The number of aromatic nitrogens is 1. The highest BCUT2D eigenvalue weighted by molar-refractivity contribution is 5.85. The van der Waals surface area contributed by atoms with Gasteiger partial charge in [0.05, 0.1) is 18.8 Å². The van der Waals surface area contributed by atoms with E-state index in [9.17, 15) is 9.59 Å². The van der Waals surface area contributed by atoms with E-state index in [-0.39, 0.29) is 18.4 Å². The maximum Gasteiger partial charge on any atom is 0.242 e. The van der Waals surface area contributed by atoms with Crippen LogP contribution in [0.4, 0.5) is 0 Å². The third-order valence-electron chi connectivity index (χ3n) is 3.62. The minimum Gasteiger partial charge on any atom is -0.338 e. The number of carbonyl (C=O) groups excluding carboxylic acids is 2. The van der Waals surface area contributed by atoms with Crippen LogP contribution in [0.5, 0.6) is 0 Å². The highest BCUT2D eigenvalue weighted by atomic mass is 16.2. The van der Waals surface area contributed by atoms with Gasteiger partial charge in [-0.2, -0.15) is 0 Å². The topological polar surface area (TPSA) is 53.5 Å². The maximum absolute atomic E-state index is 12.1. The molecular formula is C15H21N3O2. The minimum atomic E-state index is -0.0402. The summed E-state index contributed by atoms with van der Waals surface area (Å²) in [6.45, 7) is 3.44. The van der Waals surface area contributed by atoms with Crippen LogP contribution >= 0.6 is 0 Å². The molecule has 0 N–H and O–H groups in total. The van der Waals surface area contributed by atoms with E-state index in [4.69, 9.17) is 0 Å². The Morgan fingerprint density at radius 3 is 2.80 bits per heavy atom. The molecule has 1 saturated heterocycles. The van der Waals surface area contributed by atoms with Gasteiger partial charge in [-0.1, -0.05) is 13.0 Å². The van der Waals surface area contributed by atoms with E-state index >= 15 is 0 Å². The molecule has 108 valence electrons. The van der Waals surface area contributed by atoms with Crippen LogP contribution in [0.3, 0.4) is 0 Å². The molecule has 1 aromatic rings. The Kier molecular flexibility index (Phi) is 4.71. The smallest absolute Gasteiger partial charge is 0.242 e. The van der Waals surface area contributed by atoms with Crippen LogP contribution < -0.4 is 0 Å². The third-order valence-corrected chi connectivity index (χ3v) is 3.62. The van der Waals surface area contributed by atoms with Crippen LogP contribution in [-0.4, -0.2) is 46.7 Å². The molecule has 2 amide bonds. The summed E-state index contributed by atoms with van der Waals surface area (Å²) >= 11 is 0. The van der Waals surface area contributed by atoms with Gasteiger partial charge >= 0.3 is 0 Å². The Morgan fingerprint density at radius 2 is 2.25 bits per heavy atom. The fraction of sp³-hybridized carbons (Fsp3) is 0.533. The lowest BCUT2D eigenvalue weighted by molar-refractivity contribution is -0.137. The molecule has 0 unspecified atom stereocenters. The van der Waals surface area contributed by atoms with Gasteiger partial charge in [0, 0.05) is 26.2 Å². The first-order valence-electron chi connectivity index (χ1n) is 7.05. The zero-order valence-corrected chi connectivity index (χ0v) is 12.1. The van der Waals surface area contributed by atoms with Crippen molar-refractivity contribution in [2.75, 3.05) is 20.1 Å². The van der Waals surface area contributed by atoms with Gasteiger partial charge in [-0.3, -0.25) is 14.6 Å². The van der Waals surface area contributed by atoms with Crippen LogP contribution in [0, 0.1) is 0 Å². The van der Waals surface area contributed by atoms with Crippen LogP contribution in [-0.2, 0) is 22.6 Å². The number of pyridine rings is 1. The van der Waals surface area contributed by atoms with Gasteiger partial charge in [-0.25, -0.2) is 0 Å². The summed E-state index contributed by atoms with van der Waals surface area (Å²) in [4.78, 5) is 31.2. The Morgan fingerprint density at radius 1 is 1.45 bits per heavy atom. The maximum atomic E-state index is 12.1. The van der Waals surface area contributed by atoms with Crippen molar-refractivity contribution in [3.05, 3.63) is 29.6 Å². The molecule has 0 radical (unpaired) electrons. The fourth-order valence-corrected chi connectivity index (χ4v) is 2.24. The molecule has 1 aliphatic rings. The molecule has 5 nitrogen and oxygen atoms in total. The summed E-state index contributed by atoms with van der Waals surface area (Å²) in [6.07, 6.45) is 4.23. The SMILES string of the molecule is CCc1ccc(CN(C)C(=O)CN2CCCC2=O)nc1. The summed E-state index contributed by atoms with van der Waals surface area (Å²) in [5.74, 6) is 0.0405. The largest absolute Gasteiger partial charge is 0.338 e. The van der Waals surface area contributed by atoms with Gasteiger partial charge in [-0.15, -0.1) is 0 Å². The second kappa shape index (κ2) is 6.50. The highest BCUT2D eigenvalue weighted by Crippen LogP contribution is 2.10. The van der Waals surface area contributed by atoms with Gasteiger partial charge in [0.2, 0.25) is 11.8 Å². The molecule has 0 aliphatic carbocycles. The first-order chi connectivity index (χ1) is 9.60. The second-order valence-electron chi connectivity index (χ2n) is 5.18. The molecule has 2 heterocycles. The van der Waals surface area contributed by atoms with E-state index in [1.54, 1.807) is 16.8 Å². The van der Waals surface area contributed by atoms with Crippen LogP contribution in [0.2, 0.25) is 0 Å². The van der Waals surface area contributed by atoms with Crippen molar-refractivity contribution >= 4 is 11.8 Å². The van der Waals surface area contributed by atoms with Crippen molar-refractivity contribution in [3.63, 3.8) is 0 Å². The highest BCUT2D eigenvalue weighted by Gasteiger charge is 2.23. The van der Waals surface area contributed by atoms with Crippen molar-refractivity contribution < 1.29 is 9.59 Å². The van der Waals surface area contributed by atoms with Crippen molar-refractivity contribution in [1.29, 1.82) is 0 Å². The summed E-state index contributed by atoms with van der Waals surface area (Å²) in [5, 5.41) is 0. The lowest BCUT2D eigenvalue weighted by Gasteiger charge is -2.21. The Hall–Kier alpha value is -1.91. The summed E-state index contributed by atoms with van der Waals surface area (Å²) < 4.78 is 0. The second-order valence-corrected chi connectivity index (χ2v) is 5.18. The molecular weight excluding hydrogens is 254 g/mol. The summed E-state index contributed by atoms with van der Waals surface area (Å²) in [6, 6.07) is 3.98. The van der Waals surface area contributed by atoms with E-state index < -0.39 is 0 Å². The molecule has 20 heavy (non-hydrogen) atoms. The van der Waals surface area contributed by atoms with E-state index in [1.807, 2.05) is 18.3 Å². The van der Waals surface area contributed by atoms with Crippen molar-refractivity contribution in [2.24, 2.45) is 0 Å². The molecule has 0 bridgehead atoms. The quantitative estimate of drug-likeness (QED) is 0.812. The van der Waals surface area contributed by atoms with E-state index in [0.29, 0.717) is 19.5 Å². The molecule has 2 rings (SSSR count). The molecule has 0 atom stereocenters. The lowest BCUT2D eigenvalue weighted by atomic mass is 10.2. The number of aryl methyl sites for hydroxylation is 1. The predicted octanol–water partition coefficient (Wildman–Crippen LogP) is 1.22. The van der Waals surface area contributed by atoms with Gasteiger partial charge in [0.25, 0.3) is 0 Å². The standard InChI is InChI=1S/C15H21N3O2/c1-3-12-6-7-13(16-9-12)10-17(2)15(20)11-18-8-4-5-14(18)19/h6-7,9H,3-5,8,10-11H2,1-2H3. The summed E-state index contributed by atoms with van der Waals surface area (Å²) in [5.41, 5.74) is 2.05. The Balaban J connectivity index is 1.88. The lowest BCUT2D eigenvalue weighted by Crippen LogP contribution is -2.38. The molecule has 1 aliphatic heterocycles. The molecule has 0 aromatic carbocycles. The first-order valence-corrected chi connectivity index (χ1v) is 7.05. The van der Waals surface area contributed by atoms with E-state index in [1.165, 1.54) is 5.56 Å². The first kappa shape index (κ1) is 14.5. The number of hydrogen-bond acceptors (Lipinski definition) is 3. The van der Waals surface area contributed by atoms with E-state index in [0.717, 1.165) is 18.5 Å². The van der Waals surface area contributed by atoms with Crippen LogP contribution in [0.1, 0.15) is 31.0 Å². The van der Waals surface area contributed by atoms with Gasteiger partial charge in [0.15, 0.2) is 0 Å². The monoisotopic (exact) mass is 275 g/mol. The average molecular weight is 275 g/mol. The molecule has 5 heteroatoms. The molecule has 0 saturated carbocycles. The third kappa shape index (κ3) is 3.56. The molecule has 0 spiro atoms. The van der Waals surface area contributed by atoms with Gasteiger partial charge in [-0.05, 0) is 24.5 Å². The van der Waals surface area contributed by atoms with Crippen LogP contribution in [0.15, 0.2) is 18.3 Å². The Bertz CT molecular complexity index is 484. The average Bonchev–Trinajstić information content (AvgIpc) is 2.85. The zero-order chi connectivity index (χ0) is 14.5. The van der Waals surface area contributed by atoms with Crippen molar-refractivity contribution in [2.45, 2.75) is 32.7 Å². The number of nitrogens with zero attached hydrogens (tertiary/aromatic N) is 3. The number of carbonyl (C=O) groups is 2. The number of amides is 2. The number of hydrogen-bond donors (Lipinski definition) is 0. The normalized spacial score (nSPS) is 14.7. The zero-order valence-electron chi connectivity index (χ0n) is 12.1. The molecule has 1 fully saturated rings. The van der Waals surface area contributed by atoms with Crippen molar-refractivity contribution in [1.82, 2.24) is 14.8 Å². The fourth-order valence-electron chi connectivity index (χ4n) is 2.24. The predicted molar refractivity (Wildman–Crippen MR) is 75.9 cm³/mol. The number of rotatable bonds is 5. The minimum absolute atomic E-state index is 0.0402. The Labute approximate surface area is 119 Å². The molecule has 1 aromatic heterocycles.